The summed E-state index contributed by atoms with van der Waals surface area (Å²) < 4.78 is 49.1. The zero-order chi connectivity index (χ0) is 18.0. The Bertz CT molecular complexity index is 804. The van der Waals surface area contributed by atoms with Crippen molar-refractivity contribution >= 4 is 37.4 Å². The Morgan fingerprint density at radius 1 is 1.30 bits per heavy atom. The molecule has 1 rings (SSSR count). The maximum absolute atomic E-state index is 12.6. The maximum Gasteiger partial charge on any atom is 0.307 e. The van der Waals surface area contributed by atoms with Gasteiger partial charge in [-0.3, -0.25) is 4.79 Å². The smallest absolute Gasteiger partial charge is 0.307 e. The summed E-state index contributed by atoms with van der Waals surface area (Å²) in [5.74, 6) is -2.50. The lowest BCUT2D eigenvalue weighted by Gasteiger charge is -2.21. The van der Waals surface area contributed by atoms with Crippen LogP contribution in [0.15, 0.2) is 23.1 Å². The van der Waals surface area contributed by atoms with E-state index in [1.165, 1.54) is 32.2 Å². The third-order valence-corrected chi connectivity index (χ3v) is 6.06. The number of aliphatic carboxylic acids is 1. The van der Waals surface area contributed by atoms with Gasteiger partial charge >= 0.3 is 5.97 Å². The molecule has 0 aliphatic carbocycles. The minimum absolute atomic E-state index is 0.0896. The first kappa shape index (κ1) is 19.9. The number of sulfone groups is 1. The number of sulfonamides is 1. The third-order valence-electron chi connectivity index (χ3n) is 3.09. The highest BCUT2D eigenvalue weighted by Gasteiger charge is 2.28. The van der Waals surface area contributed by atoms with Gasteiger partial charge in [-0.25, -0.2) is 21.1 Å². The molecule has 0 aromatic heterocycles. The molecule has 0 saturated heterocycles. The van der Waals surface area contributed by atoms with Crippen molar-refractivity contribution in [3.05, 3.63) is 28.8 Å². The van der Waals surface area contributed by atoms with Crippen LogP contribution in [-0.4, -0.2) is 52.1 Å². The fourth-order valence-corrected chi connectivity index (χ4v) is 4.55. The molecule has 0 aliphatic rings. The SMILES string of the molecule is CC(CN(C)S(=O)(=O)c1cc(Cl)ccc1CS(C)(=O)=O)C(=O)O. The zero-order valence-electron chi connectivity index (χ0n) is 12.9. The average Bonchev–Trinajstić information content (AvgIpc) is 2.38. The van der Waals surface area contributed by atoms with Gasteiger partial charge in [0.25, 0.3) is 0 Å². The number of benzene rings is 1. The molecule has 0 bridgehead atoms. The number of nitrogens with zero attached hydrogens (tertiary/aromatic N) is 1. The second-order valence-corrected chi connectivity index (χ2v) is 9.94. The molecule has 23 heavy (non-hydrogen) atoms. The lowest BCUT2D eigenvalue weighted by Crippen LogP contribution is -2.34. The summed E-state index contributed by atoms with van der Waals surface area (Å²) in [4.78, 5) is 10.6. The van der Waals surface area contributed by atoms with Gasteiger partial charge < -0.3 is 5.11 Å². The van der Waals surface area contributed by atoms with Crippen LogP contribution in [0, 0.1) is 5.92 Å². The van der Waals surface area contributed by atoms with Gasteiger partial charge in [0, 0.05) is 24.9 Å². The van der Waals surface area contributed by atoms with Crippen LogP contribution in [0.2, 0.25) is 5.02 Å². The number of hydrogen-bond acceptors (Lipinski definition) is 5. The van der Waals surface area contributed by atoms with E-state index in [-0.39, 0.29) is 22.0 Å². The van der Waals surface area contributed by atoms with E-state index in [2.05, 4.69) is 0 Å². The molecule has 10 heteroatoms. The fraction of sp³-hybridized carbons (Fsp3) is 0.462. The molecule has 1 N–H and O–H groups in total. The molecule has 1 aromatic carbocycles. The monoisotopic (exact) mass is 383 g/mol. The molecule has 0 fully saturated rings. The molecule has 7 nitrogen and oxygen atoms in total. The normalized spacial score (nSPS) is 14.0. The van der Waals surface area contributed by atoms with Gasteiger partial charge in [-0.2, -0.15) is 0 Å². The largest absolute Gasteiger partial charge is 0.481 e. The van der Waals surface area contributed by atoms with E-state index in [1.54, 1.807) is 0 Å². The molecular formula is C13H18ClNO6S2. The number of carbonyl (C=O) groups is 1. The molecule has 0 aliphatic heterocycles. The van der Waals surface area contributed by atoms with Gasteiger partial charge in [0.15, 0.2) is 9.84 Å². The number of hydrogen-bond donors (Lipinski definition) is 1. The summed E-state index contributed by atoms with van der Waals surface area (Å²) in [6, 6.07) is 3.91. The number of carboxylic acids is 1. The van der Waals surface area contributed by atoms with Crippen LogP contribution in [0.3, 0.4) is 0 Å². The van der Waals surface area contributed by atoms with Crippen molar-refractivity contribution in [3.8, 4) is 0 Å². The molecule has 1 unspecified atom stereocenters. The minimum atomic E-state index is -4.07. The van der Waals surface area contributed by atoms with Crippen LogP contribution in [0.5, 0.6) is 0 Å². The lowest BCUT2D eigenvalue weighted by molar-refractivity contribution is -0.141. The highest BCUT2D eigenvalue weighted by molar-refractivity contribution is 7.90. The molecular weight excluding hydrogens is 366 g/mol. The van der Waals surface area contributed by atoms with Gasteiger partial charge in [-0.05, 0) is 17.7 Å². The lowest BCUT2D eigenvalue weighted by atomic mass is 10.2. The predicted molar refractivity (Wildman–Crippen MR) is 86.6 cm³/mol. The van der Waals surface area contributed by atoms with E-state index < -0.39 is 37.5 Å². The van der Waals surface area contributed by atoms with Crippen LogP contribution in [0.4, 0.5) is 0 Å². The van der Waals surface area contributed by atoms with E-state index in [0.717, 1.165) is 10.6 Å². The van der Waals surface area contributed by atoms with Crippen LogP contribution in [0.1, 0.15) is 12.5 Å². The van der Waals surface area contributed by atoms with Gasteiger partial charge in [0.2, 0.25) is 10.0 Å². The van der Waals surface area contributed by atoms with Crippen LogP contribution in [-0.2, 0) is 30.4 Å². The van der Waals surface area contributed by atoms with E-state index in [4.69, 9.17) is 16.7 Å². The number of carboxylic acid groups (broad SMARTS) is 1. The first-order chi connectivity index (χ1) is 10.3. The summed E-state index contributed by atoms with van der Waals surface area (Å²) in [7, 11) is -6.29. The van der Waals surface area contributed by atoms with Crippen molar-refractivity contribution in [2.45, 2.75) is 17.6 Å². The average molecular weight is 384 g/mol. The number of rotatable bonds is 7. The van der Waals surface area contributed by atoms with E-state index in [0.29, 0.717) is 0 Å². The second kappa shape index (κ2) is 7.16. The first-order valence-electron chi connectivity index (χ1n) is 6.50. The number of halogens is 1. The Morgan fingerprint density at radius 3 is 2.35 bits per heavy atom. The molecule has 0 radical (unpaired) electrons. The Kier molecular flexibility index (Phi) is 6.19. The second-order valence-electron chi connectivity index (χ2n) is 5.35. The van der Waals surface area contributed by atoms with E-state index >= 15 is 0 Å². The van der Waals surface area contributed by atoms with E-state index in [9.17, 15) is 21.6 Å². The van der Waals surface area contributed by atoms with Crippen LogP contribution < -0.4 is 0 Å². The highest BCUT2D eigenvalue weighted by Crippen LogP contribution is 2.25. The molecule has 1 atom stereocenters. The van der Waals surface area contributed by atoms with Gasteiger partial charge in [0.05, 0.1) is 16.6 Å². The molecule has 0 spiro atoms. The summed E-state index contributed by atoms with van der Waals surface area (Å²) >= 11 is 5.83. The molecule has 130 valence electrons. The van der Waals surface area contributed by atoms with Crippen molar-refractivity contribution in [1.29, 1.82) is 0 Å². The van der Waals surface area contributed by atoms with Gasteiger partial charge in [-0.15, -0.1) is 0 Å². The van der Waals surface area contributed by atoms with Crippen molar-refractivity contribution in [3.63, 3.8) is 0 Å². The van der Waals surface area contributed by atoms with Gasteiger partial charge in [0.1, 0.15) is 0 Å². The summed E-state index contributed by atoms with van der Waals surface area (Å²) in [6.45, 7) is 1.13. The predicted octanol–water partition coefficient (Wildman–Crippen LogP) is 1.23. The van der Waals surface area contributed by atoms with E-state index in [1.807, 2.05) is 0 Å². The fourth-order valence-electron chi connectivity index (χ4n) is 1.90. The van der Waals surface area contributed by atoms with Crippen molar-refractivity contribution < 1.29 is 26.7 Å². The van der Waals surface area contributed by atoms with Crippen molar-refractivity contribution in [2.75, 3.05) is 19.8 Å². The summed E-state index contributed by atoms with van der Waals surface area (Å²) in [5.41, 5.74) is 0.0896. The Balaban J connectivity index is 3.31. The maximum atomic E-state index is 12.6. The van der Waals surface area contributed by atoms with Crippen molar-refractivity contribution in [2.24, 2.45) is 5.92 Å². The summed E-state index contributed by atoms with van der Waals surface area (Å²) in [6.07, 6.45) is 0.994. The Labute approximate surface area is 140 Å². The minimum Gasteiger partial charge on any atom is -0.481 e. The van der Waals surface area contributed by atoms with Crippen LogP contribution >= 0.6 is 11.6 Å². The first-order valence-corrected chi connectivity index (χ1v) is 10.4. The standard InChI is InChI=1S/C13H18ClNO6S2/c1-9(13(16)17)7-15(2)23(20,21)12-6-11(14)5-4-10(12)8-22(3,18)19/h4-6,9H,7-8H2,1-3H3,(H,16,17). The van der Waals surface area contributed by atoms with Crippen molar-refractivity contribution in [1.82, 2.24) is 4.31 Å². The molecule has 0 heterocycles. The Hall–Kier alpha value is -1.16. The summed E-state index contributed by atoms with van der Waals surface area (Å²) in [5, 5.41) is 9.04. The topological polar surface area (TPSA) is 109 Å². The molecule has 0 saturated carbocycles. The third kappa shape index (κ3) is 5.45. The highest BCUT2D eigenvalue weighted by atomic mass is 35.5. The van der Waals surface area contributed by atoms with Crippen LogP contribution in [0.25, 0.3) is 0 Å². The van der Waals surface area contributed by atoms with Gasteiger partial charge in [-0.1, -0.05) is 24.6 Å². The quantitative estimate of drug-likeness (QED) is 0.758. The zero-order valence-corrected chi connectivity index (χ0v) is 15.2. The Morgan fingerprint density at radius 2 is 1.87 bits per heavy atom. The molecule has 1 aromatic rings. The molecule has 0 amide bonds.